The van der Waals surface area contributed by atoms with E-state index in [1.165, 1.54) is 17.5 Å². The first-order chi connectivity index (χ1) is 11.5. The molecule has 2 aliphatic rings. The number of hydrogen-bond donors (Lipinski definition) is 1. The van der Waals surface area contributed by atoms with Gasteiger partial charge in [-0.05, 0) is 49.3 Å². The minimum atomic E-state index is -0.728. The van der Waals surface area contributed by atoms with Crippen LogP contribution in [-0.2, 0) is 17.6 Å². The Morgan fingerprint density at radius 3 is 2.54 bits per heavy atom. The summed E-state index contributed by atoms with van der Waals surface area (Å²) < 4.78 is 0. The maximum absolute atomic E-state index is 12.4. The zero-order valence-corrected chi connectivity index (χ0v) is 14.5. The summed E-state index contributed by atoms with van der Waals surface area (Å²) in [6, 6.07) is 5.95. The summed E-state index contributed by atoms with van der Waals surface area (Å²) in [7, 11) is 1.72. The lowest BCUT2D eigenvalue weighted by Gasteiger charge is -2.28. The van der Waals surface area contributed by atoms with E-state index in [0.29, 0.717) is 6.54 Å². The zero-order chi connectivity index (χ0) is 17.2. The van der Waals surface area contributed by atoms with Gasteiger partial charge in [0.15, 0.2) is 5.78 Å². The third-order valence-electron chi connectivity index (χ3n) is 5.48. The number of rotatable bonds is 6. The molecule has 0 heterocycles. The summed E-state index contributed by atoms with van der Waals surface area (Å²) in [4.78, 5) is 26.2. The lowest BCUT2D eigenvalue weighted by atomic mass is 10.00. The number of aliphatic hydroxyl groups is 1. The van der Waals surface area contributed by atoms with Crippen LogP contribution in [0.1, 0.15) is 66.4 Å². The highest BCUT2D eigenvalue weighted by atomic mass is 16.3. The van der Waals surface area contributed by atoms with Gasteiger partial charge in [0.1, 0.15) is 0 Å². The van der Waals surface area contributed by atoms with Crippen LogP contribution in [0.3, 0.4) is 0 Å². The smallest absolute Gasteiger partial charge is 0.222 e. The molecule has 1 amide bonds. The largest absolute Gasteiger partial charge is 0.388 e. The van der Waals surface area contributed by atoms with Gasteiger partial charge < -0.3 is 10.0 Å². The SMILES string of the molecule is CN(CC1(O)CCCC1)C(=O)CCC(=O)c1ccc2c(c1)CCC2. The van der Waals surface area contributed by atoms with E-state index in [1.807, 2.05) is 12.1 Å². The van der Waals surface area contributed by atoms with Gasteiger partial charge in [-0.2, -0.15) is 0 Å². The maximum atomic E-state index is 12.4. The van der Waals surface area contributed by atoms with Gasteiger partial charge >= 0.3 is 0 Å². The van der Waals surface area contributed by atoms with Gasteiger partial charge in [-0.25, -0.2) is 0 Å². The quantitative estimate of drug-likeness (QED) is 0.817. The van der Waals surface area contributed by atoms with E-state index in [0.717, 1.165) is 44.1 Å². The number of carbonyl (C=O) groups is 2. The van der Waals surface area contributed by atoms with Gasteiger partial charge in [-0.1, -0.05) is 25.0 Å². The normalized spacial score (nSPS) is 18.4. The first-order valence-electron chi connectivity index (χ1n) is 9.08. The molecule has 0 spiro atoms. The summed E-state index contributed by atoms with van der Waals surface area (Å²) in [6.45, 7) is 0.374. The van der Waals surface area contributed by atoms with E-state index in [-0.39, 0.29) is 24.5 Å². The van der Waals surface area contributed by atoms with E-state index >= 15 is 0 Å². The second-order valence-corrected chi connectivity index (χ2v) is 7.44. The first-order valence-corrected chi connectivity index (χ1v) is 9.08. The average Bonchev–Trinajstić information content (AvgIpc) is 3.20. The van der Waals surface area contributed by atoms with Crippen LogP contribution in [0.2, 0.25) is 0 Å². The fraction of sp³-hybridized carbons (Fsp3) is 0.600. The number of amides is 1. The molecule has 4 heteroatoms. The summed E-state index contributed by atoms with van der Waals surface area (Å²) in [5.74, 6) is -0.0316. The molecule has 0 atom stereocenters. The highest BCUT2D eigenvalue weighted by Gasteiger charge is 2.33. The highest BCUT2D eigenvalue weighted by Crippen LogP contribution is 2.30. The van der Waals surface area contributed by atoms with Crippen molar-refractivity contribution in [1.82, 2.24) is 4.90 Å². The molecule has 0 aromatic heterocycles. The Kier molecular flexibility index (Phi) is 5.04. The molecule has 3 rings (SSSR count). The zero-order valence-electron chi connectivity index (χ0n) is 14.5. The number of fused-ring (bicyclic) bond motifs is 1. The Morgan fingerprint density at radius 2 is 1.79 bits per heavy atom. The first kappa shape index (κ1) is 17.2. The van der Waals surface area contributed by atoms with Crippen LogP contribution in [0.15, 0.2) is 18.2 Å². The number of ketones is 1. The van der Waals surface area contributed by atoms with Crippen molar-refractivity contribution < 1.29 is 14.7 Å². The molecule has 2 aliphatic carbocycles. The Hall–Kier alpha value is -1.68. The lowest BCUT2D eigenvalue weighted by molar-refractivity contribution is -0.133. The van der Waals surface area contributed by atoms with Gasteiger partial charge in [0.2, 0.25) is 5.91 Å². The molecule has 1 N–H and O–H groups in total. The monoisotopic (exact) mass is 329 g/mol. The van der Waals surface area contributed by atoms with Crippen LogP contribution in [0.4, 0.5) is 0 Å². The predicted octanol–water partition coefficient (Wildman–Crippen LogP) is 2.90. The summed E-state index contributed by atoms with van der Waals surface area (Å²) in [5, 5.41) is 10.4. The molecule has 1 saturated carbocycles. The number of hydrogen-bond acceptors (Lipinski definition) is 3. The van der Waals surface area contributed by atoms with Gasteiger partial charge in [-0.3, -0.25) is 9.59 Å². The third kappa shape index (κ3) is 3.86. The van der Waals surface area contributed by atoms with Gasteiger partial charge in [-0.15, -0.1) is 0 Å². The van der Waals surface area contributed by atoms with Crippen molar-refractivity contribution in [3.63, 3.8) is 0 Å². The number of carbonyl (C=O) groups excluding carboxylic acids is 2. The van der Waals surface area contributed by atoms with Crippen molar-refractivity contribution in [3.8, 4) is 0 Å². The molecular weight excluding hydrogens is 302 g/mol. The van der Waals surface area contributed by atoms with Gasteiger partial charge in [0.05, 0.1) is 5.60 Å². The van der Waals surface area contributed by atoms with Crippen molar-refractivity contribution in [3.05, 3.63) is 34.9 Å². The van der Waals surface area contributed by atoms with E-state index in [1.54, 1.807) is 11.9 Å². The molecule has 0 aliphatic heterocycles. The van der Waals surface area contributed by atoms with Crippen molar-refractivity contribution in [2.24, 2.45) is 0 Å². The molecule has 24 heavy (non-hydrogen) atoms. The minimum absolute atomic E-state index is 0.0334. The third-order valence-corrected chi connectivity index (χ3v) is 5.48. The molecule has 1 fully saturated rings. The topological polar surface area (TPSA) is 57.6 Å². The fourth-order valence-corrected chi connectivity index (χ4v) is 4.02. The van der Waals surface area contributed by atoms with Crippen LogP contribution in [-0.4, -0.2) is 40.9 Å². The van der Waals surface area contributed by atoms with Crippen LogP contribution < -0.4 is 0 Å². The minimum Gasteiger partial charge on any atom is -0.388 e. The van der Waals surface area contributed by atoms with Crippen molar-refractivity contribution in [2.45, 2.75) is 63.4 Å². The van der Waals surface area contributed by atoms with E-state index in [9.17, 15) is 14.7 Å². The fourth-order valence-electron chi connectivity index (χ4n) is 4.02. The average molecular weight is 329 g/mol. The number of likely N-dealkylation sites (N-methyl/N-ethyl adjacent to an activating group) is 1. The van der Waals surface area contributed by atoms with Gasteiger partial charge in [0.25, 0.3) is 0 Å². The Morgan fingerprint density at radius 1 is 1.08 bits per heavy atom. The second kappa shape index (κ2) is 7.06. The number of nitrogens with zero attached hydrogens (tertiary/aromatic N) is 1. The number of Topliss-reactive ketones (excluding diaryl/α,β-unsaturated/α-hetero) is 1. The van der Waals surface area contributed by atoms with Crippen molar-refractivity contribution >= 4 is 11.7 Å². The second-order valence-electron chi connectivity index (χ2n) is 7.44. The molecule has 0 radical (unpaired) electrons. The Labute approximate surface area is 143 Å². The summed E-state index contributed by atoms with van der Waals surface area (Å²) in [6.07, 6.45) is 7.34. The maximum Gasteiger partial charge on any atom is 0.222 e. The van der Waals surface area contributed by atoms with E-state index in [2.05, 4.69) is 6.07 Å². The van der Waals surface area contributed by atoms with E-state index in [4.69, 9.17) is 0 Å². The van der Waals surface area contributed by atoms with Crippen LogP contribution in [0.25, 0.3) is 0 Å². The molecular formula is C20H27NO3. The van der Waals surface area contributed by atoms with Crippen molar-refractivity contribution in [2.75, 3.05) is 13.6 Å². The van der Waals surface area contributed by atoms with Crippen LogP contribution >= 0.6 is 0 Å². The standard InChI is InChI=1S/C20H27NO3/c1-21(14-20(24)11-2-3-12-20)19(23)10-9-18(22)17-8-7-15-5-4-6-16(15)13-17/h7-8,13,24H,2-6,9-12,14H2,1H3. The molecule has 4 nitrogen and oxygen atoms in total. The molecule has 1 aromatic carbocycles. The summed E-state index contributed by atoms with van der Waals surface area (Å²) >= 11 is 0. The Bertz CT molecular complexity index is 632. The summed E-state index contributed by atoms with van der Waals surface area (Å²) in [5.41, 5.74) is 2.63. The van der Waals surface area contributed by atoms with Gasteiger partial charge in [0, 0.05) is 32.0 Å². The Balaban J connectivity index is 1.51. The number of aryl methyl sites for hydroxylation is 2. The molecule has 130 valence electrons. The molecule has 0 saturated heterocycles. The molecule has 0 bridgehead atoms. The number of benzene rings is 1. The molecule has 0 unspecified atom stereocenters. The van der Waals surface area contributed by atoms with E-state index < -0.39 is 5.60 Å². The van der Waals surface area contributed by atoms with Crippen molar-refractivity contribution in [1.29, 1.82) is 0 Å². The van der Waals surface area contributed by atoms with Crippen LogP contribution in [0, 0.1) is 0 Å². The predicted molar refractivity (Wildman–Crippen MR) is 93.1 cm³/mol. The highest BCUT2D eigenvalue weighted by molar-refractivity contribution is 5.98. The molecule has 1 aromatic rings. The lowest BCUT2D eigenvalue weighted by Crippen LogP contribution is -2.42. The van der Waals surface area contributed by atoms with Crippen LogP contribution in [0.5, 0.6) is 0 Å².